The van der Waals surface area contributed by atoms with E-state index in [0.717, 1.165) is 49.2 Å². The maximum absolute atomic E-state index is 14.2. The highest BCUT2D eigenvalue weighted by molar-refractivity contribution is 5.96. The number of amides is 1. The monoisotopic (exact) mass is 461 g/mol. The molecule has 2 aromatic rings. The van der Waals surface area contributed by atoms with Crippen LogP contribution < -0.4 is 5.43 Å². The summed E-state index contributed by atoms with van der Waals surface area (Å²) in [6.45, 7) is 10.4. The summed E-state index contributed by atoms with van der Waals surface area (Å²) < 4.78 is 2.22. The molecule has 0 aromatic carbocycles. The number of rotatable bonds is 5. The van der Waals surface area contributed by atoms with E-state index >= 15 is 0 Å². The third-order valence-electron chi connectivity index (χ3n) is 8.54. The van der Waals surface area contributed by atoms with Gasteiger partial charge >= 0.3 is 0 Å². The Morgan fingerprint density at radius 1 is 1.18 bits per heavy atom. The molecule has 182 valence electrons. The van der Waals surface area contributed by atoms with Crippen molar-refractivity contribution in [3.8, 4) is 0 Å². The van der Waals surface area contributed by atoms with Crippen LogP contribution in [0.4, 0.5) is 0 Å². The molecule has 1 amide bonds. The highest BCUT2D eigenvalue weighted by Gasteiger charge is 2.51. The fraction of sp³-hybridized carbons (Fsp3) is 0.621. The minimum Gasteiger partial charge on any atom is -0.343 e. The van der Waals surface area contributed by atoms with Crippen molar-refractivity contribution >= 4 is 5.91 Å². The Balaban J connectivity index is 1.57. The smallest absolute Gasteiger partial charge is 0.259 e. The number of carbonyl (C=O) groups excluding carboxylic acids is 1. The van der Waals surface area contributed by atoms with Crippen LogP contribution in [0.3, 0.4) is 0 Å². The van der Waals surface area contributed by atoms with Gasteiger partial charge in [0.25, 0.3) is 5.91 Å². The Kier molecular flexibility index (Phi) is 5.94. The molecule has 3 fully saturated rings. The van der Waals surface area contributed by atoms with E-state index in [1.54, 1.807) is 12.3 Å². The van der Waals surface area contributed by atoms with Gasteiger partial charge in [0, 0.05) is 49.0 Å². The second kappa shape index (κ2) is 8.66. The van der Waals surface area contributed by atoms with E-state index in [9.17, 15) is 9.59 Å². The molecule has 3 heterocycles. The molecule has 2 aliphatic carbocycles. The normalized spacial score (nSPS) is 26.2. The third-order valence-corrected chi connectivity index (χ3v) is 8.54. The zero-order chi connectivity index (χ0) is 24.1. The number of likely N-dealkylation sites (tertiary alicyclic amines) is 1. The number of hydrogen-bond donors (Lipinski definition) is 0. The summed E-state index contributed by atoms with van der Waals surface area (Å²) in [5.74, 6) is 0.506. The molecule has 2 atom stereocenters. The molecule has 5 heteroatoms. The lowest BCUT2D eigenvalue weighted by Crippen LogP contribution is -2.41. The van der Waals surface area contributed by atoms with E-state index in [-0.39, 0.29) is 28.2 Å². The van der Waals surface area contributed by atoms with Gasteiger partial charge in [0.15, 0.2) is 5.43 Å². The zero-order valence-electron chi connectivity index (χ0n) is 21.3. The Morgan fingerprint density at radius 2 is 1.94 bits per heavy atom. The van der Waals surface area contributed by atoms with Crippen LogP contribution in [0, 0.1) is 23.7 Å². The highest BCUT2D eigenvalue weighted by atomic mass is 16.2. The Morgan fingerprint density at radius 3 is 2.65 bits per heavy atom. The first-order valence-corrected chi connectivity index (χ1v) is 13.1. The molecule has 2 aromatic heterocycles. The highest BCUT2D eigenvalue weighted by Crippen LogP contribution is 2.52. The van der Waals surface area contributed by atoms with Gasteiger partial charge in [-0.25, -0.2) is 0 Å². The van der Waals surface area contributed by atoms with Crippen molar-refractivity contribution in [3.05, 3.63) is 63.3 Å². The number of aromatic nitrogens is 2. The maximum Gasteiger partial charge on any atom is 0.259 e. The number of hydrogen-bond acceptors (Lipinski definition) is 3. The standard InChI is InChI=1S/C29H39N3O2/c1-20-12-25(33)26(27(34)32-19-29(4)15-23(32)14-28(2,3)18-29)24(13-21-8-5-6-9-21)31(20)17-22-10-7-11-30-16-22/h7,10-12,16,21,23H,5-6,8-9,13-15,17-19H2,1-4H3/t23-,29-/m0/s1. The molecular formula is C29H39N3O2. The van der Waals surface area contributed by atoms with Crippen LogP contribution in [0.15, 0.2) is 35.4 Å². The molecule has 5 nitrogen and oxygen atoms in total. The molecule has 0 N–H and O–H groups in total. The van der Waals surface area contributed by atoms with Gasteiger partial charge in [-0.05, 0) is 61.0 Å². The van der Waals surface area contributed by atoms with E-state index in [1.807, 2.05) is 19.2 Å². The van der Waals surface area contributed by atoms with Crippen LogP contribution in [0.1, 0.15) is 93.0 Å². The van der Waals surface area contributed by atoms with Crippen LogP contribution in [0.2, 0.25) is 0 Å². The molecule has 5 rings (SSSR count). The van der Waals surface area contributed by atoms with Crippen molar-refractivity contribution < 1.29 is 4.79 Å². The average molecular weight is 462 g/mol. The van der Waals surface area contributed by atoms with Crippen LogP contribution in [-0.2, 0) is 13.0 Å². The molecule has 1 saturated heterocycles. The van der Waals surface area contributed by atoms with Gasteiger partial charge in [0.2, 0.25) is 0 Å². The topological polar surface area (TPSA) is 55.2 Å². The van der Waals surface area contributed by atoms with Gasteiger partial charge in [-0.3, -0.25) is 14.6 Å². The summed E-state index contributed by atoms with van der Waals surface area (Å²) in [6.07, 6.45) is 12.5. The fourth-order valence-corrected chi connectivity index (χ4v) is 7.49. The number of fused-ring (bicyclic) bond motifs is 2. The van der Waals surface area contributed by atoms with Crippen molar-refractivity contribution in [2.45, 2.75) is 91.6 Å². The molecule has 3 aliphatic rings. The van der Waals surface area contributed by atoms with E-state index in [0.29, 0.717) is 18.0 Å². The zero-order valence-corrected chi connectivity index (χ0v) is 21.3. The van der Waals surface area contributed by atoms with Crippen LogP contribution in [-0.4, -0.2) is 32.9 Å². The van der Waals surface area contributed by atoms with Crippen molar-refractivity contribution in [1.29, 1.82) is 0 Å². The lowest BCUT2D eigenvalue weighted by Gasteiger charge is -2.39. The second-order valence-electron chi connectivity index (χ2n) is 12.4. The van der Waals surface area contributed by atoms with Gasteiger partial charge in [-0.1, -0.05) is 52.5 Å². The lowest BCUT2D eigenvalue weighted by atomic mass is 9.65. The number of pyridine rings is 2. The molecule has 0 spiro atoms. The van der Waals surface area contributed by atoms with Gasteiger partial charge < -0.3 is 9.47 Å². The van der Waals surface area contributed by atoms with Gasteiger partial charge in [0.05, 0.1) is 0 Å². The first-order chi connectivity index (χ1) is 16.1. The third kappa shape index (κ3) is 4.46. The summed E-state index contributed by atoms with van der Waals surface area (Å²) >= 11 is 0. The predicted octanol–water partition coefficient (Wildman–Crippen LogP) is 5.37. The Labute approximate surface area is 203 Å². The van der Waals surface area contributed by atoms with E-state index < -0.39 is 0 Å². The number of carbonyl (C=O) groups is 1. The van der Waals surface area contributed by atoms with Gasteiger partial charge in [-0.2, -0.15) is 0 Å². The SMILES string of the molecule is Cc1cc(=O)c(C(=O)N2C[C@@]3(C)C[C@@H]2CC(C)(C)C3)c(CC2CCCC2)n1Cc1cccnc1. The minimum absolute atomic E-state index is 0.0376. The summed E-state index contributed by atoms with van der Waals surface area (Å²) in [5.41, 5.74) is 3.65. The second-order valence-corrected chi connectivity index (χ2v) is 12.4. The number of nitrogens with zero attached hydrogens (tertiary/aromatic N) is 3. The quantitative estimate of drug-likeness (QED) is 0.601. The Bertz CT molecular complexity index is 1130. The van der Waals surface area contributed by atoms with Crippen molar-refractivity contribution in [3.63, 3.8) is 0 Å². The average Bonchev–Trinajstić information content (AvgIpc) is 3.35. The van der Waals surface area contributed by atoms with Crippen molar-refractivity contribution in [1.82, 2.24) is 14.5 Å². The molecule has 1 aliphatic heterocycles. The largest absolute Gasteiger partial charge is 0.343 e. The van der Waals surface area contributed by atoms with E-state index in [1.165, 1.54) is 25.7 Å². The van der Waals surface area contributed by atoms with Crippen LogP contribution >= 0.6 is 0 Å². The van der Waals surface area contributed by atoms with Gasteiger partial charge in [0.1, 0.15) is 5.56 Å². The molecule has 34 heavy (non-hydrogen) atoms. The molecule has 0 unspecified atom stereocenters. The molecule has 2 bridgehead atoms. The summed E-state index contributed by atoms with van der Waals surface area (Å²) in [6, 6.07) is 5.92. The summed E-state index contributed by atoms with van der Waals surface area (Å²) in [5, 5.41) is 0. The minimum atomic E-state index is -0.108. The van der Waals surface area contributed by atoms with Crippen molar-refractivity contribution in [2.24, 2.45) is 16.7 Å². The predicted molar refractivity (Wildman–Crippen MR) is 135 cm³/mol. The Hall–Kier alpha value is -2.43. The van der Waals surface area contributed by atoms with E-state index in [2.05, 4.69) is 41.3 Å². The first-order valence-electron chi connectivity index (χ1n) is 13.1. The maximum atomic E-state index is 14.2. The van der Waals surface area contributed by atoms with Gasteiger partial charge in [-0.15, -0.1) is 0 Å². The molecule has 0 radical (unpaired) electrons. The fourth-order valence-electron chi connectivity index (χ4n) is 7.49. The summed E-state index contributed by atoms with van der Waals surface area (Å²) in [4.78, 5) is 34.0. The van der Waals surface area contributed by atoms with E-state index in [4.69, 9.17) is 0 Å². The van der Waals surface area contributed by atoms with Crippen molar-refractivity contribution in [2.75, 3.05) is 6.54 Å². The molecular weight excluding hydrogens is 422 g/mol. The van der Waals surface area contributed by atoms with Crippen LogP contribution in [0.25, 0.3) is 0 Å². The first kappa shape index (κ1) is 23.3. The molecule has 2 saturated carbocycles. The number of aryl methyl sites for hydroxylation is 1. The van der Waals surface area contributed by atoms with Crippen LogP contribution in [0.5, 0.6) is 0 Å². The lowest BCUT2D eigenvalue weighted by molar-refractivity contribution is 0.0704. The summed E-state index contributed by atoms with van der Waals surface area (Å²) in [7, 11) is 0.